The summed E-state index contributed by atoms with van der Waals surface area (Å²) in [5.74, 6) is -1.56. The van der Waals surface area contributed by atoms with Gasteiger partial charge in [-0.2, -0.15) is 5.06 Å². The van der Waals surface area contributed by atoms with E-state index in [1.807, 2.05) is 6.92 Å². The van der Waals surface area contributed by atoms with Gasteiger partial charge in [-0.1, -0.05) is 19.1 Å². The summed E-state index contributed by atoms with van der Waals surface area (Å²) in [6, 6.07) is 0. The van der Waals surface area contributed by atoms with Crippen molar-refractivity contribution in [3.8, 4) is 0 Å². The molecule has 1 aliphatic carbocycles. The van der Waals surface area contributed by atoms with E-state index in [-0.39, 0.29) is 5.57 Å². The van der Waals surface area contributed by atoms with Crippen molar-refractivity contribution in [1.82, 2.24) is 5.06 Å². The molecule has 116 valence electrons. The van der Waals surface area contributed by atoms with Gasteiger partial charge in [0.05, 0.1) is 7.11 Å². The molecular formula is C14H19NO6. The highest BCUT2D eigenvalue weighted by molar-refractivity contribution is 6.04. The first kappa shape index (κ1) is 15.8. The minimum atomic E-state index is -2.06. The molecule has 0 aromatic rings. The molecule has 1 heterocycles. The number of hydrogen-bond acceptors (Lipinski definition) is 6. The maximum Gasteiger partial charge on any atom is 0.265 e. The number of allylic oxidation sites excluding steroid dienone is 2. The number of nitrogens with zero attached hydrogens (tertiary/aromatic N) is 1. The van der Waals surface area contributed by atoms with Crippen LogP contribution in [0.4, 0.5) is 0 Å². The fraction of sp³-hybridized carbons (Fsp3) is 0.571. The van der Waals surface area contributed by atoms with E-state index >= 15 is 0 Å². The third kappa shape index (κ3) is 1.82. The number of rotatable bonds is 2. The zero-order valence-electron chi connectivity index (χ0n) is 12.1. The standard InChI is InChI=1S/C14H19NO6/c1-4-5-8-6-7-9(16)10(17)14(8)11(18)13(2,20)15(21-3)12(14)19/h5-7,10-11,17-18,20H,4H2,1-3H3/b8-5-/t10-,11-,13+,14+/m1/s1. The molecule has 1 spiro atoms. The van der Waals surface area contributed by atoms with Gasteiger partial charge in [0.15, 0.2) is 11.5 Å². The van der Waals surface area contributed by atoms with Gasteiger partial charge in [-0.3, -0.25) is 14.4 Å². The van der Waals surface area contributed by atoms with Crippen LogP contribution in [0.5, 0.6) is 0 Å². The van der Waals surface area contributed by atoms with Crippen LogP contribution in [0.3, 0.4) is 0 Å². The maximum absolute atomic E-state index is 12.7. The molecule has 2 aliphatic rings. The minimum Gasteiger partial charge on any atom is -0.386 e. The van der Waals surface area contributed by atoms with Gasteiger partial charge in [-0.15, -0.1) is 0 Å². The summed E-state index contributed by atoms with van der Waals surface area (Å²) >= 11 is 0. The van der Waals surface area contributed by atoms with Crippen LogP contribution in [0.2, 0.25) is 0 Å². The summed E-state index contributed by atoms with van der Waals surface area (Å²) in [6.45, 7) is 3.00. The predicted molar refractivity (Wildman–Crippen MR) is 71.4 cm³/mol. The first-order valence-corrected chi connectivity index (χ1v) is 6.66. The molecule has 1 saturated heterocycles. The molecule has 21 heavy (non-hydrogen) atoms. The van der Waals surface area contributed by atoms with E-state index in [2.05, 4.69) is 0 Å². The first-order valence-electron chi connectivity index (χ1n) is 6.66. The van der Waals surface area contributed by atoms with Gasteiger partial charge in [0.2, 0.25) is 0 Å². The average Bonchev–Trinajstić information content (AvgIpc) is 2.57. The Bertz CT molecular complexity index is 538. The van der Waals surface area contributed by atoms with Crippen LogP contribution in [0.1, 0.15) is 20.3 Å². The van der Waals surface area contributed by atoms with E-state index in [1.165, 1.54) is 13.0 Å². The molecule has 0 aromatic heterocycles. The first-order chi connectivity index (χ1) is 9.76. The van der Waals surface area contributed by atoms with Crippen LogP contribution in [0.15, 0.2) is 23.8 Å². The lowest BCUT2D eigenvalue weighted by atomic mass is 9.66. The van der Waals surface area contributed by atoms with Crippen molar-refractivity contribution in [2.24, 2.45) is 5.41 Å². The topological polar surface area (TPSA) is 107 Å². The normalized spacial score (nSPS) is 41.6. The lowest BCUT2D eigenvalue weighted by Gasteiger charge is -2.38. The zero-order chi connectivity index (χ0) is 16.0. The average molecular weight is 297 g/mol. The molecule has 2 rings (SSSR count). The van der Waals surface area contributed by atoms with E-state index in [9.17, 15) is 24.9 Å². The van der Waals surface area contributed by atoms with E-state index < -0.39 is 35.0 Å². The fourth-order valence-electron chi connectivity index (χ4n) is 3.09. The quantitative estimate of drug-likeness (QED) is 0.621. The van der Waals surface area contributed by atoms with Crippen molar-refractivity contribution in [3.63, 3.8) is 0 Å². The second-order valence-electron chi connectivity index (χ2n) is 5.35. The second-order valence-corrected chi connectivity index (χ2v) is 5.35. The highest BCUT2D eigenvalue weighted by Gasteiger charge is 2.71. The maximum atomic E-state index is 12.7. The Morgan fingerprint density at radius 3 is 2.48 bits per heavy atom. The van der Waals surface area contributed by atoms with Crippen molar-refractivity contribution < 1.29 is 29.7 Å². The number of ketones is 1. The van der Waals surface area contributed by atoms with Crippen molar-refractivity contribution in [2.75, 3.05) is 7.11 Å². The Labute approximate surface area is 122 Å². The van der Waals surface area contributed by atoms with Gasteiger partial charge < -0.3 is 15.3 Å². The third-order valence-corrected chi connectivity index (χ3v) is 4.11. The Hall–Kier alpha value is -1.54. The van der Waals surface area contributed by atoms with Gasteiger partial charge in [0, 0.05) is 0 Å². The second kappa shape index (κ2) is 5.03. The predicted octanol–water partition coefficient (Wildman–Crippen LogP) is -0.718. The summed E-state index contributed by atoms with van der Waals surface area (Å²) in [5.41, 5.74) is -3.73. The van der Waals surface area contributed by atoms with Crippen molar-refractivity contribution in [3.05, 3.63) is 23.8 Å². The molecule has 3 N–H and O–H groups in total. The molecule has 1 amide bonds. The Morgan fingerprint density at radius 2 is 2.00 bits per heavy atom. The minimum absolute atomic E-state index is 0.287. The fourth-order valence-corrected chi connectivity index (χ4v) is 3.09. The van der Waals surface area contributed by atoms with E-state index in [0.29, 0.717) is 11.5 Å². The SMILES string of the molecule is CC/C=C1/C=CC(=O)[C@@H](O)[C@@]12C(=O)N(OC)[C@@](C)(O)[C@H]2O. The molecular weight excluding hydrogens is 278 g/mol. The Kier molecular flexibility index (Phi) is 3.79. The van der Waals surface area contributed by atoms with Crippen LogP contribution in [0, 0.1) is 5.41 Å². The molecule has 0 bridgehead atoms. The van der Waals surface area contributed by atoms with E-state index in [0.717, 1.165) is 13.2 Å². The van der Waals surface area contributed by atoms with Gasteiger partial charge in [-0.05, 0) is 25.0 Å². The third-order valence-electron chi connectivity index (χ3n) is 4.11. The highest BCUT2D eigenvalue weighted by Crippen LogP contribution is 2.51. The van der Waals surface area contributed by atoms with Crippen LogP contribution in [0.25, 0.3) is 0 Å². The molecule has 7 heteroatoms. The highest BCUT2D eigenvalue weighted by atomic mass is 16.7. The number of hydroxylamine groups is 2. The van der Waals surface area contributed by atoms with Crippen LogP contribution in [-0.4, -0.2) is 57.1 Å². The number of aliphatic hydroxyl groups is 3. The number of carbonyl (C=O) groups is 2. The van der Waals surface area contributed by atoms with E-state index in [1.54, 1.807) is 6.08 Å². The van der Waals surface area contributed by atoms with Gasteiger partial charge in [-0.25, -0.2) is 0 Å². The molecule has 0 aromatic carbocycles. The summed E-state index contributed by atoms with van der Waals surface area (Å²) in [5, 5.41) is 31.8. The largest absolute Gasteiger partial charge is 0.386 e. The van der Waals surface area contributed by atoms with Crippen molar-refractivity contribution >= 4 is 11.7 Å². The molecule has 0 unspecified atom stereocenters. The smallest absolute Gasteiger partial charge is 0.265 e. The van der Waals surface area contributed by atoms with Crippen molar-refractivity contribution in [2.45, 2.75) is 38.2 Å². The number of carbonyl (C=O) groups excluding carboxylic acids is 2. The lowest BCUT2D eigenvalue weighted by molar-refractivity contribution is -0.262. The molecule has 0 radical (unpaired) electrons. The summed E-state index contributed by atoms with van der Waals surface area (Å²) < 4.78 is 0. The van der Waals surface area contributed by atoms with Crippen LogP contribution in [-0.2, 0) is 14.4 Å². The number of hydrogen-bond donors (Lipinski definition) is 3. The van der Waals surface area contributed by atoms with Crippen LogP contribution < -0.4 is 0 Å². The van der Waals surface area contributed by atoms with E-state index in [4.69, 9.17) is 4.84 Å². The molecule has 7 nitrogen and oxygen atoms in total. The van der Waals surface area contributed by atoms with Gasteiger partial charge >= 0.3 is 0 Å². The lowest BCUT2D eigenvalue weighted by Crippen LogP contribution is -2.56. The Balaban J connectivity index is 2.72. The summed E-state index contributed by atoms with van der Waals surface area (Å²) in [6.07, 6.45) is 1.19. The van der Waals surface area contributed by atoms with Crippen molar-refractivity contribution in [1.29, 1.82) is 0 Å². The zero-order valence-corrected chi connectivity index (χ0v) is 12.1. The Morgan fingerprint density at radius 1 is 1.38 bits per heavy atom. The van der Waals surface area contributed by atoms with Gasteiger partial charge in [0.1, 0.15) is 17.6 Å². The number of amides is 1. The monoisotopic (exact) mass is 297 g/mol. The molecule has 1 aliphatic heterocycles. The molecule has 1 fully saturated rings. The molecule has 0 saturated carbocycles. The van der Waals surface area contributed by atoms with Crippen LogP contribution >= 0.6 is 0 Å². The summed E-state index contributed by atoms with van der Waals surface area (Å²) in [4.78, 5) is 29.4. The number of aliphatic hydroxyl groups excluding tert-OH is 2. The van der Waals surface area contributed by atoms with Gasteiger partial charge in [0.25, 0.3) is 5.91 Å². The summed E-state index contributed by atoms with van der Waals surface area (Å²) in [7, 11) is 1.16. The molecule has 4 atom stereocenters.